The standard InChI is InChI=1S/C14H22FN3O/c1-10(8-18-6-2-3-12(18)9-19)14(16)13-5-4-11(15)7-17-13/h4-5,7,10,12,14,19H,2-3,6,8-9,16H2,1H3. The zero-order valence-corrected chi connectivity index (χ0v) is 11.3. The van der Waals surface area contributed by atoms with E-state index < -0.39 is 0 Å². The average molecular weight is 267 g/mol. The van der Waals surface area contributed by atoms with E-state index in [0.717, 1.165) is 25.9 Å². The first-order valence-corrected chi connectivity index (χ1v) is 6.83. The van der Waals surface area contributed by atoms with Crippen molar-refractivity contribution in [3.05, 3.63) is 29.8 Å². The normalized spacial score (nSPS) is 23.5. The zero-order valence-electron chi connectivity index (χ0n) is 11.3. The number of nitrogens with zero attached hydrogens (tertiary/aromatic N) is 2. The molecule has 0 saturated carbocycles. The molecule has 2 heterocycles. The third kappa shape index (κ3) is 3.49. The number of nitrogens with two attached hydrogens (primary N) is 1. The number of halogens is 1. The fourth-order valence-corrected chi connectivity index (χ4v) is 2.70. The Bertz CT molecular complexity index is 398. The summed E-state index contributed by atoms with van der Waals surface area (Å²) in [5.74, 6) is -0.131. The van der Waals surface area contributed by atoms with Gasteiger partial charge in [-0.05, 0) is 37.4 Å². The molecule has 106 valence electrons. The van der Waals surface area contributed by atoms with Crippen LogP contribution in [-0.4, -0.2) is 40.7 Å². The van der Waals surface area contributed by atoms with Crippen molar-refractivity contribution in [3.8, 4) is 0 Å². The van der Waals surface area contributed by atoms with Gasteiger partial charge in [0.05, 0.1) is 24.5 Å². The van der Waals surface area contributed by atoms with E-state index in [1.807, 2.05) is 0 Å². The molecule has 1 aliphatic heterocycles. The van der Waals surface area contributed by atoms with Crippen LogP contribution in [0.1, 0.15) is 31.5 Å². The van der Waals surface area contributed by atoms with Crippen molar-refractivity contribution in [3.63, 3.8) is 0 Å². The Hall–Kier alpha value is -1.04. The molecule has 3 atom stereocenters. The molecule has 1 aromatic heterocycles. The molecule has 5 heteroatoms. The molecule has 3 N–H and O–H groups in total. The van der Waals surface area contributed by atoms with E-state index in [4.69, 9.17) is 5.73 Å². The van der Waals surface area contributed by atoms with E-state index in [1.54, 1.807) is 6.07 Å². The van der Waals surface area contributed by atoms with Gasteiger partial charge in [0.25, 0.3) is 0 Å². The van der Waals surface area contributed by atoms with Gasteiger partial charge in [0.1, 0.15) is 5.82 Å². The molecule has 3 unspecified atom stereocenters. The van der Waals surface area contributed by atoms with Gasteiger partial charge in [-0.2, -0.15) is 0 Å². The van der Waals surface area contributed by atoms with Crippen LogP contribution in [0.15, 0.2) is 18.3 Å². The molecule has 0 bridgehead atoms. The number of aliphatic hydroxyl groups is 1. The van der Waals surface area contributed by atoms with Crippen LogP contribution < -0.4 is 5.73 Å². The number of pyridine rings is 1. The molecule has 4 nitrogen and oxygen atoms in total. The lowest BCUT2D eigenvalue weighted by Crippen LogP contribution is -2.38. The fourth-order valence-electron chi connectivity index (χ4n) is 2.70. The molecule has 0 radical (unpaired) electrons. The topological polar surface area (TPSA) is 62.4 Å². The third-order valence-electron chi connectivity index (χ3n) is 3.94. The van der Waals surface area contributed by atoms with Crippen molar-refractivity contribution >= 4 is 0 Å². The fraction of sp³-hybridized carbons (Fsp3) is 0.643. The number of aromatic nitrogens is 1. The van der Waals surface area contributed by atoms with Gasteiger partial charge in [-0.15, -0.1) is 0 Å². The molecule has 0 spiro atoms. The third-order valence-corrected chi connectivity index (χ3v) is 3.94. The maximum atomic E-state index is 12.8. The maximum absolute atomic E-state index is 12.8. The van der Waals surface area contributed by atoms with E-state index >= 15 is 0 Å². The Morgan fingerprint density at radius 3 is 3.00 bits per heavy atom. The van der Waals surface area contributed by atoms with Gasteiger partial charge in [-0.1, -0.05) is 6.92 Å². The van der Waals surface area contributed by atoms with Crippen LogP contribution >= 0.6 is 0 Å². The largest absolute Gasteiger partial charge is 0.395 e. The van der Waals surface area contributed by atoms with Crippen LogP contribution in [0.5, 0.6) is 0 Å². The minimum Gasteiger partial charge on any atom is -0.395 e. The van der Waals surface area contributed by atoms with Gasteiger partial charge < -0.3 is 10.8 Å². The highest BCUT2D eigenvalue weighted by atomic mass is 19.1. The Morgan fingerprint density at radius 2 is 2.37 bits per heavy atom. The number of rotatable bonds is 5. The zero-order chi connectivity index (χ0) is 13.8. The van der Waals surface area contributed by atoms with Crippen molar-refractivity contribution in [2.45, 2.75) is 31.8 Å². The van der Waals surface area contributed by atoms with Crippen molar-refractivity contribution < 1.29 is 9.50 Å². The summed E-state index contributed by atoms with van der Waals surface area (Å²) in [6.45, 7) is 4.13. The number of hydrogen-bond acceptors (Lipinski definition) is 4. The average Bonchev–Trinajstić information content (AvgIpc) is 2.86. The molecule has 0 aromatic carbocycles. The van der Waals surface area contributed by atoms with Crippen LogP contribution in [0.3, 0.4) is 0 Å². The maximum Gasteiger partial charge on any atom is 0.141 e. The molecular weight excluding hydrogens is 245 g/mol. The molecule has 2 rings (SSSR count). The van der Waals surface area contributed by atoms with Gasteiger partial charge in [0, 0.05) is 12.6 Å². The summed E-state index contributed by atoms with van der Waals surface area (Å²) in [4.78, 5) is 6.33. The summed E-state index contributed by atoms with van der Waals surface area (Å²) in [5.41, 5.74) is 6.90. The van der Waals surface area contributed by atoms with Crippen molar-refractivity contribution in [2.24, 2.45) is 11.7 Å². The van der Waals surface area contributed by atoms with Gasteiger partial charge in [0.2, 0.25) is 0 Å². The SMILES string of the molecule is CC(CN1CCCC1CO)C(N)c1ccc(F)cn1. The minimum atomic E-state index is -0.344. The highest BCUT2D eigenvalue weighted by Gasteiger charge is 2.27. The molecular formula is C14H22FN3O. The summed E-state index contributed by atoms with van der Waals surface area (Å²) in [7, 11) is 0. The summed E-state index contributed by atoms with van der Waals surface area (Å²) >= 11 is 0. The summed E-state index contributed by atoms with van der Waals surface area (Å²) in [6, 6.07) is 3.09. The summed E-state index contributed by atoms with van der Waals surface area (Å²) in [5, 5.41) is 9.31. The molecule has 19 heavy (non-hydrogen) atoms. The van der Waals surface area contributed by atoms with E-state index in [0.29, 0.717) is 5.69 Å². The van der Waals surface area contributed by atoms with Gasteiger partial charge in [-0.25, -0.2) is 4.39 Å². The van der Waals surface area contributed by atoms with Gasteiger partial charge >= 0.3 is 0 Å². The van der Waals surface area contributed by atoms with Crippen molar-refractivity contribution in [2.75, 3.05) is 19.7 Å². The van der Waals surface area contributed by atoms with Crippen LogP contribution in [0, 0.1) is 11.7 Å². The van der Waals surface area contributed by atoms with Crippen LogP contribution in [-0.2, 0) is 0 Å². The first-order valence-electron chi connectivity index (χ1n) is 6.83. The summed E-state index contributed by atoms with van der Waals surface area (Å²) < 4.78 is 12.8. The predicted molar refractivity (Wildman–Crippen MR) is 72.0 cm³/mol. The minimum absolute atomic E-state index is 0.205. The Balaban J connectivity index is 1.95. The van der Waals surface area contributed by atoms with Crippen LogP contribution in [0.4, 0.5) is 4.39 Å². The number of hydrogen-bond donors (Lipinski definition) is 2. The predicted octanol–water partition coefficient (Wildman–Crippen LogP) is 1.31. The van der Waals surface area contributed by atoms with E-state index in [9.17, 15) is 9.50 Å². The Kier molecular flexibility index (Phi) is 4.85. The number of aliphatic hydroxyl groups excluding tert-OH is 1. The second-order valence-corrected chi connectivity index (χ2v) is 5.38. The lowest BCUT2D eigenvalue weighted by atomic mass is 9.98. The smallest absolute Gasteiger partial charge is 0.141 e. The highest BCUT2D eigenvalue weighted by molar-refractivity contribution is 5.10. The molecule has 1 aromatic rings. The monoisotopic (exact) mass is 267 g/mol. The van der Waals surface area contributed by atoms with Gasteiger partial charge in [0.15, 0.2) is 0 Å². The molecule has 1 fully saturated rings. The van der Waals surface area contributed by atoms with E-state index in [-0.39, 0.29) is 30.4 Å². The molecule has 1 saturated heterocycles. The van der Waals surface area contributed by atoms with E-state index in [1.165, 1.54) is 12.3 Å². The lowest BCUT2D eigenvalue weighted by Gasteiger charge is -2.28. The molecule has 0 aliphatic carbocycles. The highest BCUT2D eigenvalue weighted by Crippen LogP contribution is 2.23. The van der Waals surface area contributed by atoms with Crippen molar-refractivity contribution in [1.29, 1.82) is 0 Å². The molecule has 1 aliphatic rings. The lowest BCUT2D eigenvalue weighted by molar-refractivity contribution is 0.139. The Labute approximate surface area is 113 Å². The first-order chi connectivity index (χ1) is 9.11. The van der Waals surface area contributed by atoms with Crippen LogP contribution in [0.25, 0.3) is 0 Å². The summed E-state index contributed by atoms with van der Waals surface area (Å²) in [6.07, 6.45) is 3.38. The van der Waals surface area contributed by atoms with Crippen molar-refractivity contribution in [1.82, 2.24) is 9.88 Å². The second kappa shape index (κ2) is 6.41. The molecule has 0 amide bonds. The second-order valence-electron chi connectivity index (χ2n) is 5.38. The van der Waals surface area contributed by atoms with Gasteiger partial charge in [-0.3, -0.25) is 9.88 Å². The van der Waals surface area contributed by atoms with E-state index in [2.05, 4.69) is 16.8 Å². The number of likely N-dealkylation sites (tertiary alicyclic amines) is 1. The first kappa shape index (κ1) is 14.4. The quantitative estimate of drug-likeness (QED) is 0.844. The van der Waals surface area contributed by atoms with Crippen LogP contribution in [0.2, 0.25) is 0 Å². The Morgan fingerprint density at radius 1 is 1.58 bits per heavy atom.